The summed E-state index contributed by atoms with van der Waals surface area (Å²) in [6.07, 6.45) is 2.48. The highest BCUT2D eigenvalue weighted by molar-refractivity contribution is 7.17. The highest BCUT2D eigenvalue weighted by Crippen LogP contribution is 2.29. The first kappa shape index (κ1) is 18.3. The zero-order valence-corrected chi connectivity index (χ0v) is 16.1. The number of aromatic nitrogens is 3. The lowest BCUT2D eigenvalue weighted by atomic mass is 10.2. The number of carbonyl (C=O) groups is 2. The summed E-state index contributed by atoms with van der Waals surface area (Å²) in [6, 6.07) is 6.00. The van der Waals surface area contributed by atoms with Crippen LogP contribution in [-0.2, 0) is 17.6 Å². The smallest absolute Gasteiger partial charge is 0.350 e. The van der Waals surface area contributed by atoms with Gasteiger partial charge in [-0.25, -0.2) is 18.9 Å². The third-order valence-corrected chi connectivity index (χ3v) is 5.66. The molecule has 1 aliphatic rings. The Morgan fingerprint density at radius 1 is 1.25 bits per heavy atom. The number of fused-ring (bicyclic) bond motifs is 1. The fraction of sp³-hybridized carbons (Fsp3) is 0.263. The Morgan fingerprint density at radius 2 is 2.00 bits per heavy atom. The summed E-state index contributed by atoms with van der Waals surface area (Å²) in [5.74, 6) is -1.20. The maximum Gasteiger partial charge on any atom is 0.350 e. The number of thiazole rings is 1. The first-order chi connectivity index (χ1) is 13.5. The van der Waals surface area contributed by atoms with E-state index in [1.807, 2.05) is 0 Å². The van der Waals surface area contributed by atoms with Gasteiger partial charge in [0.05, 0.1) is 18.5 Å². The number of nitrogens with one attached hydrogen (secondary N) is 1. The van der Waals surface area contributed by atoms with Gasteiger partial charge in [-0.2, -0.15) is 5.10 Å². The van der Waals surface area contributed by atoms with Crippen LogP contribution < -0.4 is 5.32 Å². The Balaban J connectivity index is 1.65. The molecule has 7 nitrogen and oxygen atoms in total. The SMILES string of the molecule is COC(=O)c1sc(NC(=O)c2nn(-c3ccc(F)cc3)c3c2CCC3)nc1C. The highest BCUT2D eigenvalue weighted by Gasteiger charge is 2.28. The van der Waals surface area contributed by atoms with Gasteiger partial charge >= 0.3 is 5.97 Å². The maximum absolute atomic E-state index is 13.2. The minimum Gasteiger partial charge on any atom is -0.465 e. The second-order valence-electron chi connectivity index (χ2n) is 6.39. The number of nitrogens with zero attached hydrogens (tertiary/aromatic N) is 3. The first-order valence-electron chi connectivity index (χ1n) is 8.71. The summed E-state index contributed by atoms with van der Waals surface area (Å²) < 4.78 is 19.7. The molecule has 2 aromatic heterocycles. The second kappa shape index (κ2) is 7.16. The van der Waals surface area contributed by atoms with Gasteiger partial charge in [-0.15, -0.1) is 0 Å². The van der Waals surface area contributed by atoms with E-state index in [2.05, 4.69) is 15.4 Å². The Morgan fingerprint density at radius 3 is 2.71 bits per heavy atom. The largest absolute Gasteiger partial charge is 0.465 e. The highest BCUT2D eigenvalue weighted by atomic mass is 32.1. The zero-order chi connectivity index (χ0) is 19.8. The van der Waals surface area contributed by atoms with E-state index in [0.717, 1.165) is 41.9 Å². The predicted molar refractivity (Wildman–Crippen MR) is 102 cm³/mol. The molecule has 2 heterocycles. The summed E-state index contributed by atoms with van der Waals surface area (Å²) in [5, 5.41) is 7.51. The molecular formula is C19H17FN4O3S. The van der Waals surface area contributed by atoms with Crippen LogP contribution in [0.2, 0.25) is 0 Å². The molecule has 144 valence electrons. The topological polar surface area (TPSA) is 86.1 Å². The number of anilines is 1. The molecular weight excluding hydrogens is 383 g/mol. The van der Waals surface area contributed by atoms with E-state index in [4.69, 9.17) is 4.74 Å². The van der Waals surface area contributed by atoms with E-state index < -0.39 is 5.97 Å². The van der Waals surface area contributed by atoms with Crippen molar-refractivity contribution in [1.29, 1.82) is 0 Å². The lowest BCUT2D eigenvalue weighted by Gasteiger charge is -2.05. The van der Waals surface area contributed by atoms with Gasteiger partial charge < -0.3 is 4.74 Å². The van der Waals surface area contributed by atoms with Crippen LogP contribution in [-0.4, -0.2) is 33.8 Å². The van der Waals surface area contributed by atoms with Crippen molar-refractivity contribution in [3.63, 3.8) is 0 Å². The molecule has 1 aromatic carbocycles. The average molecular weight is 400 g/mol. The predicted octanol–water partition coefficient (Wildman–Crippen LogP) is 3.30. The van der Waals surface area contributed by atoms with Gasteiger partial charge in [-0.1, -0.05) is 11.3 Å². The van der Waals surface area contributed by atoms with E-state index >= 15 is 0 Å². The molecule has 1 N–H and O–H groups in total. The molecule has 3 aromatic rings. The van der Waals surface area contributed by atoms with Crippen molar-refractivity contribution >= 4 is 28.3 Å². The fourth-order valence-electron chi connectivity index (χ4n) is 3.30. The summed E-state index contributed by atoms with van der Waals surface area (Å²) in [5.41, 5.74) is 3.38. The van der Waals surface area contributed by atoms with E-state index in [0.29, 0.717) is 27.1 Å². The molecule has 0 spiro atoms. The Labute approximate surface area is 164 Å². The minimum absolute atomic E-state index is 0.311. The van der Waals surface area contributed by atoms with Crippen molar-refractivity contribution in [3.8, 4) is 5.69 Å². The van der Waals surface area contributed by atoms with Crippen LogP contribution in [0, 0.1) is 12.7 Å². The average Bonchev–Trinajstić information content (AvgIpc) is 3.37. The van der Waals surface area contributed by atoms with Crippen molar-refractivity contribution in [3.05, 3.63) is 57.6 Å². The van der Waals surface area contributed by atoms with Gasteiger partial charge in [-0.05, 0) is 50.5 Å². The summed E-state index contributed by atoms with van der Waals surface area (Å²) >= 11 is 1.06. The number of amides is 1. The quantitative estimate of drug-likeness (QED) is 0.679. The number of aryl methyl sites for hydroxylation is 1. The Hall–Kier alpha value is -3.07. The number of benzene rings is 1. The van der Waals surface area contributed by atoms with Gasteiger partial charge in [0.1, 0.15) is 10.7 Å². The third-order valence-electron chi connectivity index (χ3n) is 4.60. The minimum atomic E-state index is -0.489. The molecule has 0 saturated carbocycles. The second-order valence-corrected chi connectivity index (χ2v) is 7.39. The van der Waals surface area contributed by atoms with Crippen molar-refractivity contribution in [2.45, 2.75) is 26.2 Å². The summed E-state index contributed by atoms with van der Waals surface area (Å²) in [7, 11) is 1.30. The van der Waals surface area contributed by atoms with Gasteiger partial charge in [-0.3, -0.25) is 10.1 Å². The van der Waals surface area contributed by atoms with Crippen molar-refractivity contribution in [1.82, 2.24) is 14.8 Å². The maximum atomic E-state index is 13.2. The van der Waals surface area contributed by atoms with Crippen molar-refractivity contribution in [2.24, 2.45) is 0 Å². The molecule has 28 heavy (non-hydrogen) atoms. The number of hydrogen-bond donors (Lipinski definition) is 1. The number of rotatable bonds is 4. The number of halogens is 1. The number of hydrogen-bond acceptors (Lipinski definition) is 6. The van der Waals surface area contributed by atoms with Gasteiger partial charge in [0.25, 0.3) is 5.91 Å². The molecule has 0 fully saturated rings. The van der Waals surface area contributed by atoms with Crippen LogP contribution >= 0.6 is 11.3 Å². The first-order valence-corrected chi connectivity index (χ1v) is 9.53. The van der Waals surface area contributed by atoms with E-state index in [-0.39, 0.29) is 11.7 Å². The molecule has 0 atom stereocenters. The van der Waals surface area contributed by atoms with E-state index in [1.165, 1.54) is 19.2 Å². The molecule has 1 aliphatic carbocycles. The molecule has 0 aliphatic heterocycles. The normalized spacial score (nSPS) is 12.7. The number of methoxy groups -OCH3 is 1. The van der Waals surface area contributed by atoms with Gasteiger partial charge in [0.2, 0.25) is 0 Å². The van der Waals surface area contributed by atoms with Crippen molar-refractivity contribution < 1.29 is 18.7 Å². The third kappa shape index (κ3) is 3.18. The van der Waals surface area contributed by atoms with Gasteiger partial charge in [0, 0.05) is 11.3 Å². The Bertz CT molecular complexity index is 1070. The molecule has 0 radical (unpaired) electrons. The van der Waals surface area contributed by atoms with Crippen LogP contribution in [0.15, 0.2) is 24.3 Å². The van der Waals surface area contributed by atoms with E-state index in [9.17, 15) is 14.0 Å². The monoisotopic (exact) mass is 400 g/mol. The number of ether oxygens (including phenoxy) is 1. The standard InChI is InChI=1S/C19H17FN4O3S/c1-10-16(18(26)27-2)28-19(21-10)22-17(25)15-13-4-3-5-14(13)24(23-15)12-8-6-11(20)7-9-12/h6-9H,3-5H2,1-2H3,(H,21,22,25). The molecule has 1 amide bonds. The molecule has 0 saturated heterocycles. The summed E-state index contributed by atoms with van der Waals surface area (Å²) in [4.78, 5) is 29.1. The lowest BCUT2D eigenvalue weighted by molar-refractivity contribution is 0.0605. The molecule has 0 bridgehead atoms. The van der Waals surface area contributed by atoms with Crippen molar-refractivity contribution in [2.75, 3.05) is 12.4 Å². The molecule has 0 unspecified atom stereocenters. The molecule has 4 rings (SSSR count). The van der Waals surface area contributed by atoms with Gasteiger partial charge in [0.15, 0.2) is 10.8 Å². The van der Waals surface area contributed by atoms with E-state index in [1.54, 1.807) is 23.7 Å². The van der Waals surface area contributed by atoms with Crippen LogP contribution in [0.5, 0.6) is 0 Å². The fourth-order valence-corrected chi connectivity index (χ4v) is 4.18. The van der Waals surface area contributed by atoms with Crippen LogP contribution in [0.3, 0.4) is 0 Å². The van der Waals surface area contributed by atoms with Crippen LogP contribution in [0.25, 0.3) is 5.69 Å². The number of carbonyl (C=O) groups excluding carboxylic acids is 2. The number of esters is 1. The Kier molecular flexibility index (Phi) is 4.68. The van der Waals surface area contributed by atoms with Crippen LogP contribution in [0.4, 0.5) is 9.52 Å². The molecule has 9 heteroatoms. The van der Waals surface area contributed by atoms with Crippen LogP contribution in [0.1, 0.15) is 43.5 Å². The zero-order valence-electron chi connectivity index (χ0n) is 15.3. The lowest BCUT2D eigenvalue weighted by Crippen LogP contribution is -2.14. The summed E-state index contributed by atoms with van der Waals surface area (Å²) in [6.45, 7) is 1.68.